The number of hydrogen-bond donors (Lipinski definition) is 0. The van der Waals surface area contributed by atoms with Crippen LogP contribution in [0.25, 0.3) is 16.8 Å². The molecule has 5 rings (SSSR count). The molecule has 0 bridgehead atoms. The van der Waals surface area contributed by atoms with Crippen molar-refractivity contribution in [3.05, 3.63) is 124 Å². The van der Waals surface area contributed by atoms with Crippen LogP contribution in [0.4, 0.5) is 13.2 Å². The number of aryl methyl sites for hydroxylation is 1. The van der Waals surface area contributed by atoms with Crippen LogP contribution in [0.2, 0.25) is 0 Å². The molecule has 0 unspecified atom stereocenters. The van der Waals surface area contributed by atoms with Gasteiger partial charge in [-0.2, -0.15) is 17.6 Å². The smallest absolute Gasteiger partial charge is 0.416 e. The first-order valence-electron chi connectivity index (χ1n) is 11.5. The molecule has 0 saturated carbocycles. The zero-order valence-corrected chi connectivity index (χ0v) is 19.7. The van der Waals surface area contributed by atoms with Gasteiger partial charge < -0.3 is 9.84 Å². The van der Waals surface area contributed by atoms with Gasteiger partial charge in [-0.05, 0) is 48.9 Å². The number of halogens is 3. The summed E-state index contributed by atoms with van der Waals surface area (Å²) in [6.45, 7) is 2.00. The summed E-state index contributed by atoms with van der Waals surface area (Å²) in [5.41, 5.74) is -0.0306. The second-order valence-corrected chi connectivity index (χ2v) is 8.60. The number of rotatable bonds is 5. The Kier molecular flexibility index (Phi) is 6.17. The highest BCUT2D eigenvalue weighted by molar-refractivity contribution is 5.67. The predicted molar refractivity (Wildman–Crippen MR) is 131 cm³/mol. The second kappa shape index (κ2) is 9.46. The van der Waals surface area contributed by atoms with E-state index in [0.29, 0.717) is 22.7 Å². The zero-order chi connectivity index (χ0) is 26.2. The Morgan fingerprint density at radius 3 is 2.41 bits per heavy atom. The summed E-state index contributed by atoms with van der Waals surface area (Å²) < 4.78 is 48.8. The molecule has 37 heavy (non-hydrogen) atoms. The molecule has 3 aromatic carbocycles. The van der Waals surface area contributed by atoms with Gasteiger partial charge in [-0.15, -0.1) is 0 Å². The average Bonchev–Trinajstić information content (AvgIpc) is 2.88. The van der Waals surface area contributed by atoms with Crippen molar-refractivity contribution in [3.8, 4) is 28.5 Å². The van der Waals surface area contributed by atoms with E-state index in [4.69, 9.17) is 4.74 Å². The fourth-order valence-corrected chi connectivity index (χ4v) is 4.17. The molecule has 5 aromatic rings. The van der Waals surface area contributed by atoms with Gasteiger partial charge in [0.2, 0.25) is 0 Å². The fourth-order valence-electron chi connectivity index (χ4n) is 4.17. The van der Waals surface area contributed by atoms with Crippen LogP contribution < -0.4 is 20.0 Å². The summed E-state index contributed by atoms with van der Waals surface area (Å²) in [4.78, 5) is 13.3. The van der Waals surface area contributed by atoms with Crippen molar-refractivity contribution < 1.29 is 27.6 Å². The summed E-state index contributed by atoms with van der Waals surface area (Å²) >= 11 is 0. The Morgan fingerprint density at radius 2 is 1.65 bits per heavy atom. The van der Waals surface area contributed by atoms with E-state index in [1.54, 1.807) is 42.5 Å². The van der Waals surface area contributed by atoms with Crippen molar-refractivity contribution in [1.29, 1.82) is 0 Å². The van der Waals surface area contributed by atoms with Crippen LogP contribution in [-0.4, -0.2) is 4.40 Å². The first-order chi connectivity index (χ1) is 17.7. The first-order valence-corrected chi connectivity index (χ1v) is 11.5. The summed E-state index contributed by atoms with van der Waals surface area (Å²) in [6, 6.07) is 23.8. The monoisotopic (exact) mass is 502 g/mol. The van der Waals surface area contributed by atoms with Gasteiger partial charge in [0, 0.05) is 11.6 Å². The molecule has 2 heterocycles. The maximum atomic E-state index is 13.7. The van der Waals surface area contributed by atoms with Gasteiger partial charge in [0.25, 0.3) is 5.65 Å². The van der Waals surface area contributed by atoms with Crippen LogP contribution in [-0.2, 0) is 12.7 Å². The first kappa shape index (κ1) is 24.1. The molecule has 0 amide bonds. The third-order valence-electron chi connectivity index (χ3n) is 6.04. The lowest BCUT2D eigenvalue weighted by molar-refractivity contribution is -0.708. The standard InChI is InChI=1S/C29H21F3N2O3/c1-19-12-14-23(15-13-19)37-24-10-3-2-7-21(24)18-34-25-11-4-5-16-33(25)27(35)26(28(34)36)20-8-6-9-22(17-20)29(30,31)32/h2-17H,18H2,1H3. The van der Waals surface area contributed by atoms with Crippen molar-refractivity contribution in [3.63, 3.8) is 0 Å². The highest BCUT2D eigenvalue weighted by atomic mass is 19.4. The maximum absolute atomic E-state index is 13.7. The molecule has 0 saturated heterocycles. The van der Waals surface area contributed by atoms with Crippen LogP contribution in [0, 0.1) is 6.92 Å². The zero-order valence-electron chi connectivity index (χ0n) is 19.7. The molecule has 0 aliphatic rings. The van der Waals surface area contributed by atoms with Gasteiger partial charge in [0.15, 0.2) is 0 Å². The molecule has 0 atom stereocenters. The molecule has 0 N–H and O–H groups in total. The van der Waals surface area contributed by atoms with Crippen LogP contribution in [0.5, 0.6) is 17.4 Å². The molecule has 2 aromatic heterocycles. The van der Waals surface area contributed by atoms with Crippen molar-refractivity contribution in [2.45, 2.75) is 19.6 Å². The van der Waals surface area contributed by atoms with Gasteiger partial charge in [-0.3, -0.25) is 0 Å². The van der Waals surface area contributed by atoms with E-state index in [9.17, 15) is 23.1 Å². The van der Waals surface area contributed by atoms with Crippen molar-refractivity contribution >= 4 is 5.65 Å². The quantitative estimate of drug-likeness (QED) is 0.299. The Bertz CT molecular complexity index is 1660. The minimum Gasteiger partial charge on any atom is -0.842 e. The number of ether oxygens (including phenoxy) is 1. The molecule has 0 aliphatic heterocycles. The third kappa shape index (κ3) is 4.78. The second-order valence-electron chi connectivity index (χ2n) is 8.60. The molecule has 8 heteroatoms. The van der Waals surface area contributed by atoms with Crippen molar-refractivity contribution in [2.24, 2.45) is 0 Å². The predicted octanol–water partition coefficient (Wildman–Crippen LogP) is 5.50. The van der Waals surface area contributed by atoms with E-state index in [-0.39, 0.29) is 17.7 Å². The van der Waals surface area contributed by atoms with Crippen LogP contribution in [0.1, 0.15) is 16.7 Å². The minimum atomic E-state index is -4.62. The Morgan fingerprint density at radius 1 is 0.919 bits per heavy atom. The summed E-state index contributed by atoms with van der Waals surface area (Å²) in [7, 11) is 0. The Labute approximate surface area is 210 Å². The molecule has 0 spiro atoms. The number of nitrogens with zero attached hydrogens (tertiary/aromatic N) is 2. The normalized spacial score (nSPS) is 11.6. The van der Waals surface area contributed by atoms with Crippen molar-refractivity contribution in [2.75, 3.05) is 0 Å². The van der Waals surface area contributed by atoms with Gasteiger partial charge in [-0.1, -0.05) is 54.1 Å². The van der Waals surface area contributed by atoms with Gasteiger partial charge >= 0.3 is 11.7 Å². The molecular weight excluding hydrogens is 481 g/mol. The largest absolute Gasteiger partial charge is 0.842 e. The van der Waals surface area contributed by atoms with E-state index in [1.165, 1.54) is 27.3 Å². The SMILES string of the molecule is Cc1ccc(Oc2ccccc2C[n+]2c([O-])c(-c3cccc(C(F)(F)F)c3)c(=O)n3ccccc32)cc1. The number of fused-ring (bicyclic) bond motifs is 1. The number of alkyl halides is 3. The van der Waals surface area contributed by atoms with Crippen LogP contribution in [0.3, 0.4) is 0 Å². The molecule has 186 valence electrons. The lowest BCUT2D eigenvalue weighted by Gasteiger charge is -2.19. The Balaban J connectivity index is 1.66. The van der Waals surface area contributed by atoms with E-state index >= 15 is 0 Å². The van der Waals surface area contributed by atoms with Crippen LogP contribution in [0.15, 0.2) is 102 Å². The van der Waals surface area contributed by atoms with E-state index in [1.807, 2.05) is 31.2 Å². The number of benzene rings is 3. The minimum absolute atomic E-state index is 0.0284. The Hall–Kier alpha value is -4.59. The summed E-state index contributed by atoms with van der Waals surface area (Å²) in [6.07, 6.45) is -3.13. The van der Waals surface area contributed by atoms with Gasteiger partial charge in [0.1, 0.15) is 23.6 Å². The number of aromatic nitrogens is 2. The van der Waals surface area contributed by atoms with Gasteiger partial charge in [-0.25, -0.2) is 9.36 Å². The van der Waals surface area contributed by atoms with Crippen LogP contribution >= 0.6 is 0 Å². The number of para-hydroxylation sites is 1. The molecule has 0 radical (unpaired) electrons. The lowest BCUT2D eigenvalue weighted by atomic mass is 10.0. The van der Waals surface area contributed by atoms with Crippen molar-refractivity contribution in [1.82, 2.24) is 4.40 Å². The maximum Gasteiger partial charge on any atom is 0.416 e. The number of hydrogen-bond acceptors (Lipinski definition) is 3. The lowest BCUT2D eigenvalue weighted by Crippen LogP contribution is -2.44. The average molecular weight is 502 g/mol. The molecule has 5 nitrogen and oxygen atoms in total. The molecule has 0 fully saturated rings. The topological polar surface area (TPSA) is 57.7 Å². The molecule has 0 aliphatic carbocycles. The van der Waals surface area contributed by atoms with Gasteiger partial charge in [0.05, 0.1) is 17.6 Å². The number of pyridine rings is 1. The van der Waals surface area contributed by atoms with E-state index in [0.717, 1.165) is 17.7 Å². The third-order valence-corrected chi connectivity index (χ3v) is 6.04. The molecular formula is C29H21F3N2O3. The highest BCUT2D eigenvalue weighted by Gasteiger charge is 2.31. The summed E-state index contributed by atoms with van der Waals surface area (Å²) in [5.74, 6) is 0.434. The van der Waals surface area contributed by atoms with E-state index in [2.05, 4.69) is 0 Å². The fraction of sp³-hybridized carbons (Fsp3) is 0.103. The summed E-state index contributed by atoms with van der Waals surface area (Å²) in [5, 5.41) is 13.7. The van der Waals surface area contributed by atoms with E-state index < -0.39 is 23.2 Å². The highest BCUT2D eigenvalue weighted by Crippen LogP contribution is 2.33.